The molecule has 0 aliphatic rings. The average molecular weight is 305 g/mol. The van der Waals surface area contributed by atoms with E-state index < -0.39 is 5.97 Å². The quantitative estimate of drug-likeness (QED) is 0.630. The molecule has 6 heteroatoms. The Morgan fingerprint density at radius 2 is 1.95 bits per heavy atom. The largest absolute Gasteiger partial charge is 0.457 e. The van der Waals surface area contributed by atoms with E-state index in [4.69, 9.17) is 4.74 Å². The zero-order chi connectivity index (χ0) is 15.2. The highest BCUT2D eigenvalue weighted by atomic mass is 32.1. The molecule has 2 heterocycles. The van der Waals surface area contributed by atoms with Gasteiger partial charge in [-0.05, 0) is 31.2 Å². The van der Waals surface area contributed by atoms with Crippen LogP contribution in [0.4, 0.5) is 0 Å². The Labute approximate surface area is 125 Å². The van der Waals surface area contributed by atoms with Crippen LogP contribution in [0.2, 0.25) is 0 Å². The zero-order valence-electron chi connectivity index (χ0n) is 11.5. The van der Waals surface area contributed by atoms with Crippen molar-refractivity contribution in [3.05, 3.63) is 45.9 Å². The van der Waals surface area contributed by atoms with Crippen molar-refractivity contribution in [1.82, 2.24) is 4.98 Å². The first kappa shape index (κ1) is 15.2. The van der Waals surface area contributed by atoms with E-state index in [9.17, 15) is 14.4 Å². The van der Waals surface area contributed by atoms with Crippen LogP contribution in [0, 0.1) is 6.92 Å². The van der Waals surface area contributed by atoms with Gasteiger partial charge in [0.25, 0.3) is 0 Å². The summed E-state index contributed by atoms with van der Waals surface area (Å²) in [6.45, 7) is 1.60. The summed E-state index contributed by atoms with van der Waals surface area (Å²) >= 11 is 1.40. The van der Waals surface area contributed by atoms with E-state index in [1.54, 1.807) is 24.4 Å². The highest BCUT2D eigenvalue weighted by Gasteiger charge is 2.14. The number of ether oxygens (including phenoxy) is 1. The Balaban J connectivity index is 1.72. The molecule has 2 aromatic rings. The molecule has 0 bridgehead atoms. The minimum atomic E-state index is -0.545. The number of hydrogen-bond donors (Lipinski definition) is 1. The standard InChI is InChI=1S/C15H15NO4S/c1-10-4-6-14(21-10)12(17)5-7-15(19)20-9-13(18)11-3-2-8-16-11/h2-4,6,8,16H,5,7,9H2,1H3. The first-order valence-corrected chi connectivity index (χ1v) is 7.30. The summed E-state index contributed by atoms with van der Waals surface area (Å²) in [6, 6.07) is 6.92. The molecule has 0 atom stereocenters. The molecule has 0 saturated heterocycles. The van der Waals surface area contributed by atoms with Crippen molar-refractivity contribution in [2.45, 2.75) is 19.8 Å². The molecule has 0 radical (unpaired) electrons. The van der Waals surface area contributed by atoms with Gasteiger partial charge in [-0.15, -0.1) is 11.3 Å². The third kappa shape index (κ3) is 4.39. The number of thiophene rings is 1. The van der Waals surface area contributed by atoms with Gasteiger partial charge in [-0.2, -0.15) is 0 Å². The number of H-pyrrole nitrogens is 1. The number of rotatable bonds is 7. The second-order valence-electron chi connectivity index (χ2n) is 4.50. The van der Waals surface area contributed by atoms with E-state index in [1.165, 1.54) is 11.3 Å². The second kappa shape index (κ2) is 6.99. The van der Waals surface area contributed by atoms with Crippen LogP contribution in [-0.4, -0.2) is 29.1 Å². The van der Waals surface area contributed by atoms with Gasteiger partial charge >= 0.3 is 5.97 Å². The molecule has 0 aromatic carbocycles. The third-order valence-corrected chi connectivity index (χ3v) is 3.88. The first-order chi connectivity index (χ1) is 10.1. The lowest BCUT2D eigenvalue weighted by molar-refractivity contribution is -0.142. The van der Waals surface area contributed by atoms with Crippen LogP contribution in [0.5, 0.6) is 0 Å². The molecule has 0 aliphatic carbocycles. The molecule has 1 N–H and O–H groups in total. The number of aryl methyl sites for hydroxylation is 1. The lowest BCUT2D eigenvalue weighted by Crippen LogP contribution is -2.15. The maximum absolute atomic E-state index is 11.8. The minimum Gasteiger partial charge on any atom is -0.457 e. The van der Waals surface area contributed by atoms with Gasteiger partial charge in [0.15, 0.2) is 12.4 Å². The molecule has 0 fully saturated rings. The highest BCUT2D eigenvalue weighted by Crippen LogP contribution is 2.17. The number of hydrogen-bond acceptors (Lipinski definition) is 5. The van der Waals surface area contributed by atoms with Gasteiger partial charge in [0, 0.05) is 17.5 Å². The van der Waals surface area contributed by atoms with Gasteiger partial charge in [-0.25, -0.2) is 0 Å². The van der Waals surface area contributed by atoms with Crippen molar-refractivity contribution in [3.63, 3.8) is 0 Å². The molecule has 2 aromatic heterocycles. The Hall–Kier alpha value is -2.21. The molecule has 5 nitrogen and oxygen atoms in total. The van der Waals surface area contributed by atoms with Gasteiger partial charge in [-0.3, -0.25) is 14.4 Å². The number of aromatic nitrogens is 1. The maximum atomic E-state index is 11.8. The number of carbonyl (C=O) groups is 3. The molecular weight excluding hydrogens is 290 g/mol. The molecule has 110 valence electrons. The van der Waals surface area contributed by atoms with Crippen molar-refractivity contribution in [2.75, 3.05) is 6.61 Å². The predicted molar refractivity (Wildman–Crippen MR) is 78.7 cm³/mol. The molecule has 2 rings (SSSR count). The number of aromatic amines is 1. The van der Waals surface area contributed by atoms with Crippen LogP contribution in [0.15, 0.2) is 30.5 Å². The van der Waals surface area contributed by atoms with Gasteiger partial charge in [0.05, 0.1) is 17.0 Å². The van der Waals surface area contributed by atoms with Crippen LogP contribution < -0.4 is 0 Å². The van der Waals surface area contributed by atoms with Crippen molar-refractivity contribution in [3.8, 4) is 0 Å². The van der Waals surface area contributed by atoms with E-state index in [2.05, 4.69) is 4.98 Å². The number of Topliss-reactive ketones (excluding diaryl/α,β-unsaturated/α-hetero) is 2. The van der Waals surface area contributed by atoms with E-state index in [-0.39, 0.29) is 31.0 Å². The van der Waals surface area contributed by atoms with Crippen LogP contribution in [0.25, 0.3) is 0 Å². The molecule has 21 heavy (non-hydrogen) atoms. The van der Waals surface area contributed by atoms with E-state index in [1.807, 2.05) is 13.0 Å². The van der Waals surface area contributed by atoms with Crippen molar-refractivity contribution >= 4 is 28.9 Å². The Morgan fingerprint density at radius 3 is 2.57 bits per heavy atom. The normalized spacial score (nSPS) is 10.3. The Bertz CT molecular complexity index is 642. The summed E-state index contributed by atoms with van der Waals surface area (Å²) in [7, 11) is 0. The van der Waals surface area contributed by atoms with Crippen LogP contribution in [-0.2, 0) is 9.53 Å². The van der Waals surface area contributed by atoms with E-state index >= 15 is 0 Å². The highest BCUT2D eigenvalue weighted by molar-refractivity contribution is 7.14. The number of nitrogens with one attached hydrogen (secondary N) is 1. The molecule has 0 amide bonds. The van der Waals surface area contributed by atoms with Crippen LogP contribution in [0.1, 0.15) is 37.9 Å². The van der Waals surface area contributed by atoms with E-state index in [0.29, 0.717) is 10.6 Å². The van der Waals surface area contributed by atoms with Crippen molar-refractivity contribution in [1.29, 1.82) is 0 Å². The second-order valence-corrected chi connectivity index (χ2v) is 5.79. The number of carbonyl (C=O) groups excluding carboxylic acids is 3. The molecule has 0 unspecified atom stereocenters. The fourth-order valence-corrected chi connectivity index (χ4v) is 2.56. The molecule has 0 saturated carbocycles. The fraction of sp³-hybridized carbons (Fsp3) is 0.267. The third-order valence-electron chi connectivity index (χ3n) is 2.83. The van der Waals surface area contributed by atoms with Gasteiger partial charge < -0.3 is 9.72 Å². The predicted octanol–water partition coefficient (Wildman–Crippen LogP) is 2.77. The minimum absolute atomic E-state index is 0.0201. The lowest BCUT2D eigenvalue weighted by Gasteiger charge is -2.02. The SMILES string of the molecule is Cc1ccc(C(=O)CCC(=O)OCC(=O)c2ccc[nH]2)s1. The Kier molecular flexibility index (Phi) is 5.05. The number of esters is 1. The summed E-state index contributed by atoms with van der Waals surface area (Å²) in [5, 5.41) is 0. The van der Waals surface area contributed by atoms with Crippen LogP contribution >= 0.6 is 11.3 Å². The van der Waals surface area contributed by atoms with Gasteiger partial charge in [-0.1, -0.05) is 0 Å². The fourth-order valence-electron chi connectivity index (χ4n) is 1.72. The average Bonchev–Trinajstić information content (AvgIpc) is 3.13. The maximum Gasteiger partial charge on any atom is 0.306 e. The monoisotopic (exact) mass is 305 g/mol. The van der Waals surface area contributed by atoms with Crippen LogP contribution in [0.3, 0.4) is 0 Å². The summed E-state index contributed by atoms with van der Waals surface area (Å²) in [4.78, 5) is 39.4. The zero-order valence-corrected chi connectivity index (χ0v) is 12.4. The van der Waals surface area contributed by atoms with Crippen molar-refractivity contribution < 1.29 is 19.1 Å². The smallest absolute Gasteiger partial charge is 0.306 e. The summed E-state index contributed by atoms with van der Waals surface area (Å²) in [6.07, 6.45) is 1.69. The summed E-state index contributed by atoms with van der Waals surface area (Å²) < 4.78 is 4.86. The van der Waals surface area contributed by atoms with Crippen molar-refractivity contribution in [2.24, 2.45) is 0 Å². The molecule has 0 aliphatic heterocycles. The van der Waals surface area contributed by atoms with Gasteiger partial charge in [0.1, 0.15) is 0 Å². The first-order valence-electron chi connectivity index (χ1n) is 6.48. The van der Waals surface area contributed by atoms with E-state index in [0.717, 1.165) is 4.88 Å². The lowest BCUT2D eigenvalue weighted by atomic mass is 10.2. The summed E-state index contributed by atoms with van der Waals surface area (Å²) in [5.41, 5.74) is 0.396. The number of ketones is 2. The Morgan fingerprint density at radius 1 is 1.14 bits per heavy atom. The topological polar surface area (TPSA) is 76.2 Å². The molecular formula is C15H15NO4S. The van der Waals surface area contributed by atoms with Gasteiger partial charge in [0.2, 0.25) is 5.78 Å². The molecule has 0 spiro atoms. The summed E-state index contributed by atoms with van der Waals surface area (Å²) in [5.74, 6) is -0.925.